The Morgan fingerprint density at radius 2 is 0.981 bits per heavy atom. The van der Waals surface area contributed by atoms with Crippen molar-refractivity contribution in [2.45, 2.75) is 47.5 Å². The van der Waals surface area contributed by atoms with E-state index in [4.69, 9.17) is 18.9 Å². The summed E-state index contributed by atoms with van der Waals surface area (Å²) < 4.78 is 30.8. The molecule has 268 valence electrons. The fourth-order valence-electron chi connectivity index (χ4n) is 9.40. The Bertz CT molecular complexity index is 2550. The van der Waals surface area contributed by atoms with Gasteiger partial charge in [-0.1, -0.05) is 36.4 Å². The second-order valence-electron chi connectivity index (χ2n) is 15.0. The van der Waals surface area contributed by atoms with Gasteiger partial charge >= 0.3 is 0 Å². The van der Waals surface area contributed by atoms with E-state index in [9.17, 15) is 0 Å². The molecule has 0 spiro atoms. The molecule has 0 aliphatic carbocycles. The first kappa shape index (κ1) is 32.3. The smallest absolute Gasteiger partial charge is 0.277 e. The second-order valence-corrected chi connectivity index (χ2v) is 17.2. The normalized spacial score (nSPS) is 15.5. The summed E-state index contributed by atoms with van der Waals surface area (Å²) in [5, 5.41) is 2.55. The lowest BCUT2D eigenvalue weighted by molar-refractivity contribution is 0.296. The van der Waals surface area contributed by atoms with Crippen LogP contribution in [0.2, 0.25) is 0 Å². The van der Waals surface area contributed by atoms with Gasteiger partial charge in [0.05, 0.1) is 49.2 Å². The number of hydrogen-bond donors (Lipinski definition) is 0. The summed E-state index contributed by atoms with van der Waals surface area (Å²) in [5.74, 6) is 3.38. The summed E-state index contributed by atoms with van der Waals surface area (Å²) in [6, 6.07) is 27.1. The van der Waals surface area contributed by atoms with Crippen LogP contribution in [0.5, 0.6) is 23.0 Å². The van der Waals surface area contributed by atoms with Crippen LogP contribution in [0, 0.1) is 34.6 Å². The summed E-state index contributed by atoms with van der Waals surface area (Å²) in [5.41, 5.74) is 14.3. The van der Waals surface area contributed by atoms with Gasteiger partial charge in [-0.2, -0.15) is 0 Å². The van der Waals surface area contributed by atoms with Crippen LogP contribution in [0.25, 0.3) is 20.2 Å². The van der Waals surface area contributed by atoms with Gasteiger partial charge in [0.1, 0.15) is 0 Å². The zero-order valence-corrected chi connectivity index (χ0v) is 32.7. The predicted octanol–water partition coefficient (Wildman–Crippen LogP) is 10.1. The van der Waals surface area contributed by atoms with Crippen molar-refractivity contribution in [3.63, 3.8) is 0 Å². The topological polar surface area (TPSA) is 43.4 Å². The Morgan fingerprint density at radius 3 is 1.46 bits per heavy atom. The second kappa shape index (κ2) is 11.9. The van der Waals surface area contributed by atoms with Gasteiger partial charge in [0.2, 0.25) is 0 Å². The Labute approximate surface area is 323 Å². The Kier molecular flexibility index (Phi) is 7.15. The Hall–Kier alpha value is -5.12. The van der Waals surface area contributed by atoms with Gasteiger partial charge in [0.15, 0.2) is 23.0 Å². The summed E-state index contributed by atoms with van der Waals surface area (Å²) in [6.45, 7) is 13.8. The standard InChI is InChI=1S/C45H39BN2O4S2/c1-24-20-31-37-32(21-24)48(39-26(3)23-34-43(28(39)5)52-19-11-17-50-34)41-30-13-7-9-15-36(30)54-45(41)46(37)44-40(29-12-6-8-14-35(29)53-44)47(31)38-25(2)22-33-42(27(38)4)51-18-10-16-49-33/h6-9,12-15,20-23H,10-11,16-19H2,1-5H3. The van der Waals surface area contributed by atoms with E-state index in [0.717, 1.165) is 69.5 Å². The number of nitrogens with zero attached hydrogens (tertiary/aromatic N) is 2. The van der Waals surface area contributed by atoms with Crippen LogP contribution in [-0.4, -0.2) is 33.1 Å². The van der Waals surface area contributed by atoms with E-state index in [2.05, 4.69) is 117 Å². The van der Waals surface area contributed by atoms with Crippen molar-refractivity contribution in [1.82, 2.24) is 0 Å². The van der Waals surface area contributed by atoms with Crippen LogP contribution in [0.15, 0.2) is 72.8 Å². The van der Waals surface area contributed by atoms with Gasteiger partial charge in [-0.15, -0.1) is 22.7 Å². The first-order chi connectivity index (χ1) is 26.4. The lowest BCUT2D eigenvalue weighted by Gasteiger charge is -2.43. The largest absolute Gasteiger partial charge is 0.490 e. The molecule has 6 heterocycles. The molecule has 0 amide bonds. The molecule has 0 atom stereocenters. The molecular weight excluding hydrogens is 707 g/mol. The summed E-state index contributed by atoms with van der Waals surface area (Å²) >= 11 is 3.87. The van der Waals surface area contributed by atoms with Crippen molar-refractivity contribution < 1.29 is 18.9 Å². The number of rotatable bonds is 2. The zero-order chi connectivity index (χ0) is 36.4. The lowest BCUT2D eigenvalue weighted by atomic mass is 9.39. The van der Waals surface area contributed by atoms with Crippen LogP contribution < -0.4 is 43.8 Å². The van der Waals surface area contributed by atoms with Gasteiger partial charge in [0.25, 0.3) is 6.71 Å². The third-order valence-corrected chi connectivity index (χ3v) is 14.0. The third kappa shape index (κ3) is 4.45. The van der Waals surface area contributed by atoms with Crippen molar-refractivity contribution in [1.29, 1.82) is 0 Å². The first-order valence-corrected chi connectivity index (χ1v) is 20.6. The molecule has 4 aliphatic heterocycles. The van der Waals surface area contributed by atoms with E-state index in [0.29, 0.717) is 26.4 Å². The number of benzene rings is 5. The highest BCUT2D eigenvalue weighted by Gasteiger charge is 2.48. The van der Waals surface area contributed by atoms with Gasteiger partial charge in [-0.3, -0.25) is 0 Å². The minimum Gasteiger partial charge on any atom is -0.490 e. The highest BCUT2D eigenvalue weighted by atomic mass is 32.1. The van der Waals surface area contributed by atoms with Crippen LogP contribution in [0.1, 0.15) is 40.7 Å². The maximum Gasteiger partial charge on any atom is 0.277 e. The summed E-state index contributed by atoms with van der Waals surface area (Å²) in [7, 11) is 0. The number of thiophene rings is 2. The van der Waals surface area contributed by atoms with E-state index < -0.39 is 0 Å². The van der Waals surface area contributed by atoms with Crippen LogP contribution in [0.4, 0.5) is 34.1 Å². The average Bonchev–Trinajstić information content (AvgIpc) is 3.51. The molecule has 0 radical (unpaired) electrons. The zero-order valence-electron chi connectivity index (χ0n) is 31.1. The summed E-state index contributed by atoms with van der Waals surface area (Å²) in [6.07, 6.45) is 1.73. The number of fused-ring (bicyclic) bond motifs is 10. The van der Waals surface area contributed by atoms with E-state index in [1.165, 1.54) is 63.5 Å². The number of aryl methyl sites for hydroxylation is 3. The van der Waals surface area contributed by atoms with Gasteiger partial charge in [-0.05, 0) is 93.2 Å². The SMILES string of the molecule is Cc1cc2c3c(c1)N(c1c(C)cc4c(c1C)OCCCO4)c1c(sc4ccccc14)B3c1sc3ccccc3c1N2c1c(C)cc2c(c1C)OCCCO2. The number of hydrogen-bond acceptors (Lipinski definition) is 8. The van der Waals surface area contributed by atoms with Gasteiger partial charge in [0, 0.05) is 65.1 Å². The fraction of sp³-hybridized carbons (Fsp3) is 0.244. The van der Waals surface area contributed by atoms with Crippen LogP contribution >= 0.6 is 22.7 Å². The molecule has 11 rings (SSSR count). The van der Waals surface area contributed by atoms with Crippen LogP contribution in [-0.2, 0) is 0 Å². The summed E-state index contributed by atoms with van der Waals surface area (Å²) in [4.78, 5) is 5.14. The van der Waals surface area contributed by atoms with Crippen molar-refractivity contribution in [2.24, 2.45) is 0 Å². The molecular formula is C45H39BN2O4S2. The molecule has 7 aromatic rings. The highest BCUT2D eigenvalue weighted by molar-refractivity contribution is 7.40. The van der Waals surface area contributed by atoms with E-state index >= 15 is 0 Å². The molecule has 0 fully saturated rings. The monoisotopic (exact) mass is 746 g/mol. The minimum absolute atomic E-state index is 0.0601. The third-order valence-electron chi connectivity index (χ3n) is 11.5. The maximum atomic E-state index is 6.47. The molecule has 54 heavy (non-hydrogen) atoms. The molecule has 0 unspecified atom stereocenters. The quantitative estimate of drug-likeness (QED) is 0.164. The van der Waals surface area contributed by atoms with Gasteiger partial charge < -0.3 is 28.7 Å². The first-order valence-electron chi connectivity index (χ1n) is 19.0. The fourth-order valence-corrected chi connectivity index (χ4v) is 12.1. The maximum absolute atomic E-state index is 6.47. The van der Waals surface area contributed by atoms with Crippen molar-refractivity contribution >= 4 is 98.7 Å². The van der Waals surface area contributed by atoms with Gasteiger partial charge in [-0.25, -0.2) is 0 Å². The van der Waals surface area contributed by atoms with E-state index in [1.54, 1.807) is 0 Å². The molecule has 5 aromatic carbocycles. The molecule has 0 bridgehead atoms. The lowest BCUT2D eigenvalue weighted by Crippen LogP contribution is -2.59. The molecule has 0 saturated carbocycles. The molecule has 2 aromatic heterocycles. The van der Waals surface area contributed by atoms with Crippen molar-refractivity contribution in [2.75, 3.05) is 36.2 Å². The Balaban J connectivity index is 1.27. The molecule has 4 aliphatic rings. The number of anilines is 6. The van der Waals surface area contributed by atoms with Crippen LogP contribution in [0.3, 0.4) is 0 Å². The molecule has 6 nitrogen and oxygen atoms in total. The minimum atomic E-state index is 0.0601. The van der Waals surface area contributed by atoms with Crippen molar-refractivity contribution in [3.05, 3.63) is 101 Å². The van der Waals surface area contributed by atoms with Crippen molar-refractivity contribution in [3.8, 4) is 23.0 Å². The molecule has 0 N–H and O–H groups in total. The average molecular weight is 747 g/mol. The predicted molar refractivity (Wildman–Crippen MR) is 226 cm³/mol. The van der Waals surface area contributed by atoms with E-state index in [-0.39, 0.29) is 6.71 Å². The highest BCUT2D eigenvalue weighted by Crippen LogP contribution is 2.55. The number of ether oxygens (including phenoxy) is 4. The Morgan fingerprint density at radius 1 is 0.537 bits per heavy atom. The van der Waals surface area contributed by atoms with E-state index in [1.807, 2.05) is 22.7 Å². The molecule has 9 heteroatoms. The molecule has 0 saturated heterocycles.